The zero-order valence-corrected chi connectivity index (χ0v) is 19.5. The summed E-state index contributed by atoms with van der Waals surface area (Å²) in [6.07, 6.45) is 2.09. The van der Waals surface area contributed by atoms with Crippen LogP contribution in [0.15, 0.2) is 77.1 Å². The van der Waals surface area contributed by atoms with Crippen LogP contribution in [0.4, 0.5) is 0 Å². The van der Waals surface area contributed by atoms with Crippen LogP contribution in [0.25, 0.3) is 0 Å². The van der Waals surface area contributed by atoms with Gasteiger partial charge in [-0.15, -0.1) is 0 Å². The van der Waals surface area contributed by atoms with Crippen LogP contribution in [0.5, 0.6) is 0 Å². The molecule has 2 aromatic carbocycles. The van der Waals surface area contributed by atoms with Crippen molar-refractivity contribution >= 4 is 11.8 Å². The number of esters is 1. The van der Waals surface area contributed by atoms with Gasteiger partial charge in [0, 0.05) is 36.4 Å². The Balaban J connectivity index is 1.74. The smallest absolute Gasteiger partial charge is 0.336 e. The first-order valence-corrected chi connectivity index (χ1v) is 11.6. The Morgan fingerprint density at radius 3 is 2.39 bits per heavy atom. The average Bonchev–Trinajstić information content (AvgIpc) is 2.83. The number of hydrogen-bond donors (Lipinski definition) is 1. The van der Waals surface area contributed by atoms with Gasteiger partial charge in [-0.2, -0.15) is 0 Å². The summed E-state index contributed by atoms with van der Waals surface area (Å²) in [6, 6.07) is 18.4. The molecule has 0 bridgehead atoms. The molecule has 2 unspecified atom stereocenters. The third-order valence-electron chi connectivity index (χ3n) is 6.56. The van der Waals surface area contributed by atoms with Crippen LogP contribution < -0.4 is 5.32 Å². The zero-order chi connectivity index (χ0) is 23.4. The van der Waals surface area contributed by atoms with E-state index in [1.807, 2.05) is 37.3 Å². The minimum absolute atomic E-state index is 0.0804. The summed E-state index contributed by atoms with van der Waals surface area (Å²) in [5, 5.41) is 3.40. The number of methoxy groups -OCH3 is 1. The van der Waals surface area contributed by atoms with Crippen molar-refractivity contribution in [2.24, 2.45) is 0 Å². The highest BCUT2D eigenvalue weighted by atomic mass is 16.6. The number of ether oxygens (including phenoxy) is 2. The van der Waals surface area contributed by atoms with Crippen LogP contribution in [0.1, 0.15) is 55.2 Å². The van der Waals surface area contributed by atoms with Gasteiger partial charge in [0.25, 0.3) is 0 Å². The number of Topliss-reactive ketones (excluding diaryl/α,β-unsaturated/α-hetero) is 1. The monoisotopic (exact) mass is 445 g/mol. The lowest BCUT2D eigenvalue weighted by Gasteiger charge is -2.36. The summed E-state index contributed by atoms with van der Waals surface area (Å²) in [6.45, 7) is 4.49. The maximum absolute atomic E-state index is 13.6. The standard InChI is InChI=1S/C28H31NO4/c1-4-19-10-12-21(13-11-19)26-25(28(31)33-15-14-32-3)18(2)29-23-16-22(17-24(30)27(23)26)20-8-6-5-7-9-20/h5-13,22,26,29H,4,14-17H2,1-3H3. The molecule has 0 fully saturated rings. The molecule has 2 aromatic rings. The molecule has 33 heavy (non-hydrogen) atoms. The fourth-order valence-corrected chi connectivity index (χ4v) is 4.85. The van der Waals surface area contributed by atoms with E-state index in [1.54, 1.807) is 7.11 Å². The van der Waals surface area contributed by atoms with Crippen LogP contribution in [0.2, 0.25) is 0 Å². The van der Waals surface area contributed by atoms with Gasteiger partial charge in [-0.25, -0.2) is 4.79 Å². The SMILES string of the molecule is CCc1ccc(C2C(C(=O)OCCOC)=C(C)NC3=C2C(=O)CC(c2ccccc2)C3)cc1. The van der Waals surface area contributed by atoms with E-state index in [1.165, 1.54) is 5.56 Å². The van der Waals surface area contributed by atoms with Crippen molar-refractivity contribution in [3.8, 4) is 0 Å². The second kappa shape index (κ2) is 10.2. The molecule has 1 heterocycles. The molecule has 172 valence electrons. The van der Waals surface area contributed by atoms with Gasteiger partial charge in [-0.1, -0.05) is 61.5 Å². The van der Waals surface area contributed by atoms with Crippen molar-refractivity contribution in [1.82, 2.24) is 5.32 Å². The summed E-state index contributed by atoms with van der Waals surface area (Å²) in [5.74, 6) is -0.648. The van der Waals surface area contributed by atoms with Crippen LogP contribution in [0, 0.1) is 0 Å². The van der Waals surface area contributed by atoms with E-state index in [2.05, 4.69) is 36.5 Å². The molecule has 0 saturated carbocycles. The van der Waals surface area contributed by atoms with Crippen LogP contribution >= 0.6 is 0 Å². The maximum Gasteiger partial charge on any atom is 0.336 e. The Bertz CT molecular complexity index is 1080. The largest absolute Gasteiger partial charge is 0.460 e. The highest BCUT2D eigenvalue weighted by Gasteiger charge is 2.41. The predicted octanol–water partition coefficient (Wildman–Crippen LogP) is 4.80. The predicted molar refractivity (Wildman–Crippen MR) is 128 cm³/mol. The molecule has 1 aliphatic carbocycles. The Hall–Kier alpha value is -3.18. The number of ketones is 1. The summed E-state index contributed by atoms with van der Waals surface area (Å²) < 4.78 is 10.5. The van der Waals surface area contributed by atoms with Crippen LogP contribution in [0.3, 0.4) is 0 Å². The summed E-state index contributed by atoms with van der Waals surface area (Å²) in [5.41, 5.74) is 6.15. The van der Waals surface area contributed by atoms with Gasteiger partial charge in [0.1, 0.15) is 6.61 Å². The van der Waals surface area contributed by atoms with E-state index in [9.17, 15) is 9.59 Å². The number of benzene rings is 2. The third kappa shape index (κ3) is 4.79. The number of dihydropyridines is 1. The highest BCUT2D eigenvalue weighted by molar-refractivity contribution is 6.04. The van der Waals surface area contributed by atoms with E-state index in [4.69, 9.17) is 9.47 Å². The zero-order valence-electron chi connectivity index (χ0n) is 19.5. The van der Waals surface area contributed by atoms with Crippen molar-refractivity contribution in [3.63, 3.8) is 0 Å². The normalized spacial score (nSPS) is 20.4. The maximum atomic E-state index is 13.6. The topological polar surface area (TPSA) is 64.6 Å². The molecule has 5 heteroatoms. The lowest BCUT2D eigenvalue weighted by molar-refractivity contribution is -0.140. The Morgan fingerprint density at radius 1 is 1.00 bits per heavy atom. The minimum Gasteiger partial charge on any atom is -0.460 e. The number of rotatable bonds is 7. The second-order valence-electron chi connectivity index (χ2n) is 8.65. The molecule has 0 amide bonds. The Labute approximate surface area is 195 Å². The molecule has 0 radical (unpaired) electrons. The number of carbonyl (C=O) groups excluding carboxylic acids is 2. The molecule has 2 atom stereocenters. The Kier molecular flexibility index (Phi) is 7.09. The van der Waals surface area contributed by atoms with Crippen LogP contribution in [-0.2, 0) is 25.5 Å². The molecule has 0 aromatic heterocycles. The molecular formula is C28H31NO4. The van der Waals surface area contributed by atoms with Gasteiger partial charge in [0.05, 0.1) is 12.2 Å². The van der Waals surface area contributed by atoms with Crippen LogP contribution in [-0.4, -0.2) is 32.1 Å². The summed E-state index contributed by atoms with van der Waals surface area (Å²) in [7, 11) is 1.57. The van der Waals surface area contributed by atoms with Crippen molar-refractivity contribution < 1.29 is 19.1 Å². The average molecular weight is 446 g/mol. The number of nitrogens with one attached hydrogen (secondary N) is 1. The number of aryl methyl sites for hydroxylation is 1. The summed E-state index contributed by atoms with van der Waals surface area (Å²) >= 11 is 0. The lowest BCUT2D eigenvalue weighted by Crippen LogP contribution is -2.36. The quantitative estimate of drug-likeness (QED) is 0.490. The number of allylic oxidation sites excluding steroid dienone is 3. The first-order valence-electron chi connectivity index (χ1n) is 11.6. The molecule has 0 spiro atoms. The molecule has 1 aliphatic heterocycles. The van der Waals surface area contributed by atoms with Gasteiger partial charge in [-0.3, -0.25) is 4.79 Å². The van der Waals surface area contributed by atoms with Gasteiger partial charge >= 0.3 is 5.97 Å². The second-order valence-corrected chi connectivity index (χ2v) is 8.65. The van der Waals surface area contributed by atoms with E-state index in [0.717, 1.165) is 35.4 Å². The van der Waals surface area contributed by atoms with E-state index in [-0.39, 0.29) is 18.3 Å². The molecule has 5 nitrogen and oxygen atoms in total. The third-order valence-corrected chi connectivity index (χ3v) is 6.56. The summed E-state index contributed by atoms with van der Waals surface area (Å²) in [4.78, 5) is 26.7. The molecule has 2 aliphatic rings. The fourth-order valence-electron chi connectivity index (χ4n) is 4.85. The fraction of sp³-hybridized carbons (Fsp3) is 0.357. The van der Waals surface area contributed by atoms with E-state index in [0.29, 0.717) is 24.2 Å². The first-order chi connectivity index (χ1) is 16.0. The first kappa shape index (κ1) is 23.0. The number of hydrogen-bond acceptors (Lipinski definition) is 5. The highest BCUT2D eigenvalue weighted by Crippen LogP contribution is 2.45. The lowest BCUT2D eigenvalue weighted by atomic mass is 9.71. The van der Waals surface area contributed by atoms with Gasteiger partial charge < -0.3 is 14.8 Å². The van der Waals surface area contributed by atoms with Gasteiger partial charge in [0.2, 0.25) is 0 Å². The van der Waals surface area contributed by atoms with Crippen molar-refractivity contribution in [1.29, 1.82) is 0 Å². The molecule has 4 rings (SSSR count). The van der Waals surface area contributed by atoms with Gasteiger partial charge in [0.15, 0.2) is 5.78 Å². The Morgan fingerprint density at radius 2 is 1.73 bits per heavy atom. The molecule has 0 saturated heterocycles. The van der Waals surface area contributed by atoms with Crippen molar-refractivity contribution in [2.75, 3.05) is 20.3 Å². The van der Waals surface area contributed by atoms with Crippen molar-refractivity contribution in [2.45, 2.75) is 44.9 Å². The number of carbonyl (C=O) groups is 2. The van der Waals surface area contributed by atoms with Crippen molar-refractivity contribution in [3.05, 3.63) is 93.8 Å². The van der Waals surface area contributed by atoms with E-state index < -0.39 is 11.9 Å². The minimum atomic E-state index is -0.438. The van der Waals surface area contributed by atoms with E-state index >= 15 is 0 Å². The van der Waals surface area contributed by atoms with Gasteiger partial charge in [-0.05, 0) is 42.4 Å². The molecular weight excluding hydrogens is 414 g/mol. The molecule has 1 N–H and O–H groups in total.